The van der Waals surface area contributed by atoms with Crippen molar-refractivity contribution in [1.82, 2.24) is 9.88 Å². The van der Waals surface area contributed by atoms with Gasteiger partial charge in [-0.3, -0.25) is 4.79 Å². The highest BCUT2D eigenvalue weighted by Crippen LogP contribution is 2.24. The van der Waals surface area contributed by atoms with E-state index in [2.05, 4.69) is 34.4 Å². The topological polar surface area (TPSA) is 57.3 Å². The maximum atomic E-state index is 12.4. The van der Waals surface area contributed by atoms with Gasteiger partial charge in [0.1, 0.15) is 5.82 Å². The van der Waals surface area contributed by atoms with Crippen molar-refractivity contribution in [2.45, 2.75) is 19.8 Å². The first-order valence-electron chi connectivity index (χ1n) is 8.22. The fourth-order valence-corrected chi connectivity index (χ4v) is 2.35. The van der Waals surface area contributed by atoms with E-state index in [4.69, 9.17) is 0 Å². The summed E-state index contributed by atoms with van der Waals surface area (Å²) in [6.07, 6.45) is 1.60. The largest absolute Gasteiger partial charge is 0.369 e. The predicted molar refractivity (Wildman–Crippen MR) is 99.8 cm³/mol. The van der Waals surface area contributed by atoms with Gasteiger partial charge in [0.2, 0.25) is 0 Å². The molecule has 24 heavy (non-hydrogen) atoms. The molecular weight excluding hydrogens is 300 g/mol. The summed E-state index contributed by atoms with van der Waals surface area (Å²) in [7, 11) is 4.05. The zero-order valence-corrected chi connectivity index (χ0v) is 14.8. The molecule has 5 heteroatoms. The number of para-hydroxylation sites is 1. The van der Waals surface area contributed by atoms with Gasteiger partial charge in [-0.15, -0.1) is 0 Å². The minimum absolute atomic E-state index is 0.143. The molecule has 128 valence electrons. The Hall–Kier alpha value is -2.40. The average Bonchev–Trinajstić information content (AvgIpc) is 2.55. The number of nitrogens with zero attached hydrogens (tertiary/aromatic N) is 2. The van der Waals surface area contributed by atoms with Gasteiger partial charge in [-0.05, 0) is 43.8 Å². The van der Waals surface area contributed by atoms with Crippen molar-refractivity contribution >= 4 is 17.4 Å². The first-order valence-corrected chi connectivity index (χ1v) is 8.22. The summed E-state index contributed by atoms with van der Waals surface area (Å²) < 4.78 is 0. The molecule has 0 saturated carbocycles. The predicted octanol–water partition coefficient (Wildman–Crippen LogP) is 3.43. The smallest absolute Gasteiger partial charge is 0.257 e. The van der Waals surface area contributed by atoms with Crippen LogP contribution >= 0.6 is 0 Å². The van der Waals surface area contributed by atoms with Crippen molar-refractivity contribution in [3.05, 3.63) is 53.7 Å². The van der Waals surface area contributed by atoms with Crippen molar-refractivity contribution in [3.8, 4) is 0 Å². The molecular formula is C19H26N4O. The van der Waals surface area contributed by atoms with E-state index >= 15 is 0 Å². The molecule has 0 spiro atoms. The van der Waals surface area contributed by atoms with Crippen LogP contribution in [0.2, 0.25) is 0 Å². The minimum atomic E-state index is -0.143. The Labute approximate surface area is 144 Å². The van der Waals surface area contributed by atoms with E-state index < -0.39 is 0 Å². The zero-order valence-electron chi connectivity index (χ0n) is 14.8. The summed E-state index contributed by atoms with van der Waals surface area (Å²) in [5, 5.41) is 6.21. The fourth-order valence-electron chi connectivity index (χ4n) is 2.35. The number of pyridine rings is 1. The molecule has 0 saturated heterocycles. The lowest BCUT2D eigenvalue weighted by Crippen LogP contribution is -2.21. The van der Waals surface area contributed by atoms with Crippen molar-refractivity contribution < 1.29 is 4.79 Å². The van der Waals surface area contributed by atoms with Gasteiger partial charge in [-0.1, -0.05) is 32.0 Å². The van der Waals surface area contributed by atoms with Crippen LogP contribution < -0.4 is 10.6 Å². The first kappa shape index (κ1) is 17.9. The Balaban J connectivity index is 2.00. The summed E-state index contributed by atoms with van der Waals surface area (Å²) in [6.45, 7) is 5.96. The third-order valence-electron chi connectivity index (χ3n) is 3.72. The fraction of sp³-hybridized carbons (Fsp3) is 0.368. The Bertz CT molecular complexity index is 665. The van der Waals surface area contributed by atoms with Crippen LogP contribution in [0.5, 0.6) is 0 Å². The molecule has 1 heterocycles. The standard InChI is InChI=1S/C19H26N4O/c1-14(2)16-7-5-6-8-17(16)22-19(24)15-9-10-18(21-13-15)20-11-12-23(3)4/h5-10,13-14H,11-12H2,1-4H3,(H,20,21)(H,22,24). The quantitative estimate of drug-likeness (QED) is 0.818. The third-order valence-corrected chi connectivity index (χ3v) is 3.72. The van der Waals surface area contributed by atoms with Gasteiger partial charge >= 0.3 is 0 Å². The van der Waals surface area contributed by atoms with E-state index in [1.54, 1.807) is 12.3 Å². The highest BCUT2D eigenvalue weighted by atomic mass is 16.1. The normalized spacial score (nSPS) is 10.9. The number of amides is 1. The third kappa shape index (κ3) is 5.06. The monoisotopic (exact) mass is 326 g/mol. The van der Waals surface area contributed by atoms with E-state index in [-0.39, 0.29) is 5.91 Å². The number of carbonyl (C=O) groups excluding carboxylic acids is 1. The molecule has 0 unspecified atom stereocenters. The van der Waals surface area contributed by atoms with Crippen molar-refractivity contribution in [2.24, 2.45) is 0 Å². The molecule has 1 aromatic carbocycles. The van der Waals surface area contributed by atoms with Crippen LogP contribution in [-0.4, -0.2) is 43.0 Å². The molecule has 0 bridgehead atoms. The number of nitrogens with one attached hydrogen (secondary N) is 2. The van der Waals surface area contributed by atoms with Crippen LogP contribution in [-0.2, 0) is 0 Å². The van der Waals surface area contributed by atoms with E-state index in [0.717, 1.165) is 30.2 Å². The highest BCUT2D eigenvalue weighted by molar-refractivity contribution is 6.04. The number of anilines is 2. The zero-order chi connectivity index (χ0) is 17.5. The Morgan fingerprint density at radius 2 is 1.92 bits per heavy atom. The van der Waals surface area contributed by atoms with Crippen LogP contribution in [0.3, 0.4) is 0 Å². The van der Waals surface area contributed by atoms with Gasteiger partial charge in [-0.25, -0.2) is 4.98 Å². The second-order valence-electron chi connectivity index (χ2n) is 6.36. The van der Waals surface area contributed by atoms with Crippen molar-refractivity contribution in [3.63, 3.8) is 0 Å². The van der Waals surface area contributed by atoms with Gasteiger partial charge in [0.15, 0.2) is 0 Å². The molecule has 0 aliphatic rings. The van der Waals surface area contributed by atoms with Crippen molar-refractivity contribution in [1.29, 1.82) is 0 Å². The summed E-state index contributed by atoms with van der Waals surface area (Å²) >= 11 is 0. The van der Waals surface area contributed by atoms with Gasteiger partial charge in [0.05, 0.1) is 5.56 Å². The number of hydrogen-bond acceptors (Lipinski definition) is 4. The summed E-state index contributed by atoms with van der Waals surface area (Å²) in [4.78, 5) is 18.8. The second kappa shape index (κ2) is 8.45. The van der Waals surface area contributed by atoms with Crippen LogP contribution in [0.15, 0.2) is 42.6 Å². The van der Waals surface area contributed by atoms with E-state index in [1.165, 1.54) is 0 Å². The van der Waals surface area contributed by atoms with Crippen LogP contribution in [0.4, 0.5) is 11.5 Å². The number of hydrogen-bond donors (Lipinski definition) is 2. The number of aromatic nitrogens is 1. The van der Waals surface area contributed by atoms with Crippen LogP contribution in [0.25, 0.3) is 0 Å². The number of benzene rings is 1. The van der Waals surface area contributed by atoms with E-state index in [1.807, 2.05) is 44.4 Å². The molecule has 1 amide bonds. The molecule has 2 rings (SSSR count). The minimum Gasteiger partial charge on any atom is -0.369 e. The molecule has 2 N–H and O–H groups in total. The van der Waals surface area contributed by atoms with Crippen LogP contribution in [0, 0.1) is 0 Å². The SMILES string of the molecule is CC(C)c1ccccc1NC(=O)c1ccc(NCCN(C)C)nc1. The molecule has 1 aromatic heterocycles. The average molecular weight is 326 g/mol. The molecule has 0 atom stereocenters. The Morgan fingerprint density at radius 3 is 2.54 bits per heavy atom. The Kier molecular flexibility index (Phi) is 6.32. The van der Waals surface area contributed by atoms with E-state index in [0.29, 0.717) is 11.5 Å². The van der Waals surface area contributed by atoms with Gasteiger partial charge < -0.3 is 15.5 Å². The van der Waals surface area contributed by atoms with Gasteiger partial charge in [0, 0.05) is 25.0 Å². The molecule has 0 fully saturated rings. The molecule has 2 aromatic rings. The summed E-state index contributed by atoms with van der Waals surface area (Å²) in [5.74, 6) is 0.981. The maximum Gasteiger partial charge on any atom is 0.257 e. The summed E-state index contributed by atoms with van der Waals surface area (Å²) in [6, 6.07) is 11.5. The van der Waals surface area contributed by atoms with Crippen LogP contribution in [0.1, 0.15) is 35.7 Å². The first-order chi connectivity index (χ1) is 11.5. The number of likely N-dealkylation sites (N-methyl/N-ethyl adjacent to an activating group) is 1. The number of rotatable bonds is 7. The lowest BCUT2D eigenvalue weighted by atomic mass is 10.0. The summed E-state index contributed by atoms with van der Waals surface area (Å²) in [5.41, 5.74) is 2.53. The molecule has 0 aliphatic carbocycles. The molecule has 0 aliphatic heterocycles. The second-order valence-corrected chi connectivity index (χ2v) is 6.36. The highest BCUT2D eigenvalue weighted by Gasteiger charge is 2.11. The van der Waals surface area contributed by atoms with Gasteiger partial charge in [0.25, 0.3) is 5.91 Å². The van der Waals surface area contributed by atoms with Gasteiger partial charge in [-0.2, -0.15) is 0 Å². The lowest BCUT2D eigenvalue weighted by molar-refractivity contribution is 0.102. The number of carbonyl (C=O) groups is 1. The molecule has 5 nitrogen and oxygen atoms in total. The van der Waals surface area contributed by atoms with E-state index in [9.17, 15) is 4.79 Å². The maximum absolute atomic E-state index is 12.4. The lowest BCUT2D eigenvalue weighted by Gasteiger charge is -2.14. The van der Waals surface area contributed by atoms with Crippen molar-refractivity contribution in [2.75, 3.05) is 37.8 Å². The Morgan fingerprint density at radius 1 is 1.17 bits per heavy atom. The molecule has 0 radical (unpaired) electrons.